The Bertz CT molecular complexity index is 1270. The number of halogens is 1. The predicted octanol–water partition coefficient (Wildman–Crippen LogP) is 4.96. The normalized spacial score (nSPS) is 22.8. The zero-order valence-corrected chi connectivity index (χ0v) is 23.2. The highest BCUT2D eigenvalue weighted by Crippen LogP contribution is 2.39. The molecule has 4 atom stereocenters. The molecule has 0 saturated carbocycles. The van der Waals surface area contributed by atoms with Crippen LogP contribution in [0.1, 0.15) is 30.0 Å². The van der Waals surface area contributed by atoms with Gasteiger partial charge in [0.1, 0.15) is 11.9 Å². The number of hydrogen-bond donors (Lipinski definition) is 4. The van der Waals surface area contributed by atoms with Crippen molar-refractivity contribution >= 4 is 35.1 Å². The van der Waals surface area contributed by atoms with Gasteiger partial charge in [-0.05, 0) is 66.9 Å². The minimum absolute atomic E-state index is 0.196. The van der Waals surface area contributed by atoms with Gasteiger partial charge in [0.15, 0.2) is 5.79 Å². The van der Waals surface area contributed by atoms with Crippen LogP contribution in [0.15, 0.2) is 71.6 Å². The van der Waals surface area contributed by atoms with Crippen LogP contribution in [0, 0.1) is 0 Å². The van der Waals surface area contributed by atoms with Crippen molar-refractivity contribution in [3.63, 3.8) is 0 Å². The van der Waals surface area contributed by atoms with E-state index in [0.29, 0.717) is 29.3 Å². The Morgan fingerprint density at radius 2 is 1.92 bits per heavy atom. The summed E-state index contributed by atoms with van der Waals surface area (Å²) in [4.78, 5) is 12.3. The quantitative estimate of drug-likeness (QED) is 0.266. The zero-order valence-electron chi connectivity index (χ0n) is 21.7. The van der Waals surface area contributed by atoms with E-state index < -0.39 is 30.2 Å². The molecule has 3 aromatic carbocycles. The van der Waals surface area contributed by atoms with Crippen LogP contribution in [0.5, 0.6) is 5.75 Å². The van der Waals surface area contributed by atoms with Crippen molar-refractivity contribution in [3.05, 3.63) is 88.4 Å². The lowest BCUT2D eigenvalue weighted by atomic mass is 9.90. The highest BCUT2D eigenvalue weighted by atomic mass is 35.5. The van der Waals surface area contributed by atoms with Crippen molar-refractivity contribution in [2.24, 2.45) is 0 Å². The van der Waals surface area contributed by atoms with Gasteiger partial charge in [-0.3, -0.25) is 5.32 Å². The number of amides is 1. The third kappa shape index (κ3) is 7.45. The Morgan fingerprint density at radius 3 is 2.64 bits per heavy atom. The second kappa shape index (κ2) is 13.0. The molecule has 0 bridgehead atoms. The molecule has 1 amide bonds. The molecule has 208 valence electrons. The molecular weight excluding hydrogens is 542 g/mol. The van der Waals surface area contributed by atoms with Gasteiger partial charge in [0.25, 0.3) is 0 Å². The SMILES string of the molecule is CCOc1ccc(Cc2cc([C@]3(O)C[C@@H](O)[C@@H](O)[C@@H](CSc4cccc(NC(=O)OC)c4)O3)ccc2Cl)cc1. The number of carbonyl (C=O) groups is 1. The summed E-state index contributed by atoms with van der Waals surface area (Å²) in [6.07, 6.45) is -3.52. The van der Waals surface area contributed by atoms with E-state index in [-0.39, 0.29) is 12.2 Å². The van der Waals surface area contributed by atoms with Crippen LogP contribution in [-0.2, 0) is 21.7 Å². The molecule has 0 spiro atoms. The molecule has 1 aliphatic rings. The van der Waals surface area contributed by atoms with Crippen LogP contribution in [0.3, 0.4) is 0 Å². The topological polar surface area (TPSA) is 117 Å². The van der Waals surface area contributed by atoms with Gasteiger partial charge in [-0.25, -0.2) is 4.79 Å². The minimum Gasteiger partial charge on any atom is -0.494 e. The van der Waals surface area contributed by atoms with Gasteiger partial charge in [0.2, 0.25) is 0 Å². The number of aliphatic hydroxyl groups excluding tert-OH is 2. The van der Waals surface area contributed by atoms with E-state index in [0.717, 1.165) is 21.8 Å². The maximum absolute atomic E-state index is 11.5. The number of rotatable bonds is 9. The van der Waals surface area contributed by atoms with Gasteiger partial charge in [-0.15, -0.1) is 11.8 Å². The fourth-order valence-corrected chi connectivity index (χ4v) is 5.58. The van der Waals surface area contributed by atoms with Crippen molar-refractivity contribution in [2.75, 3.05) is 24.8 Å². The molecule has 8 nitrogen and oxygen atoms in total. The lowest BCUT2D eigenvalue weighted by molar-refractivity contribution is -0.303. The van der Waals surface area contributed by atoms with E-state index >= 15 is 0 Å². The molecule has 0 aliphatic carbocycles. The number of nitrogens with one attached hydrogen (secondary N) is 1. The van der Waals surface area contributed by atoms with E-state index in [9.17, 15) is 20.1 Å². The molecular formula is C29H32ClNO7S. The summed E-state index contributed by atoms with van der Waals surface area (Å²) < 4.78 is 16.2. The molecule has 3 aromatic rings. The molecule has 1 saturated heterocycles. The highest BCUT2D eigenvalue weighted by Gasteiger charge is 2.46. The maximum Gasteiger partial charge on any atom is 0.411 e. The van der Waals surface area contributed by atoms with Crippen molar-refractivity contribution in [2.45, 2.75) is 48.8 Å². The summed E-state index contributed by atoms with van der Waals surface area (Å²) in [5, 5.41) is 36.0. The number of carbonyl (C=O) groups excluding carboxylic acids is 1. The van der Waals surface area contributed by atoms with Crippen molar-refractivity contribution < 1.29 is 34.3 Å². The van der Waals surface area contributed by atoms with Gasteiger partial charge >= 0.3 is 6.09 Å². The Kier molecular flexibility index (Phi) is 9.76. The molecule has 0 aromatic heterocycles. The van der Waals surface area contributed by atoms with Gasteiger partial charge in [0.05, 0.1) is 25.9 Å². The van der Waals surface area contributed by atoms with Gasteiger partial charge in [0, 0.05) is 33.3 Å². The van der Waals surface area contributed by atoms with Crippen LogP contribution in [0.2, 0.25) is 5.02 Å². The van der Waals surface area contributed by atoms with Crippen molar-refractivity contribution in [3.8, 4) is 5.75 Å². The lowest BCUT2D eigenvalue weighted by Gasteiger charge is -2.42. The van der Waals surface area contributed by atoms with Crippen LogP contribution in [-0.4, -0.2) is 59.2 Å². The van der Waals surface area contributed by atoms with E-state index in [1.54, 1.807) is 36.4 Å². The Morgan fingerprint density at radius 1 is 1.15 bits per heavy atom. The van der Waals surface area contributed by atoms with E-state index in [1.165, 1.54) is 18.9 Å². The van der Waals surface area contributed by atoms with Crippen LogP contribution in [0.25, 0.3) is 0 Å². The summed E-state index contributed by atoms with van der Waals surface area (Å²) in [6, 6.07) is 20.0. The smallest absolute Gasteiger partial charge is 0.411 e. The molecule has 10 heteroatoms. The minimum atomic E-state index is -1.82. The summed E-state index contributed by atoms with van der Waals surface area (Å²) in [5.74, 6) is -0.792. The molecule has 0 radical (unpaired) electrons. The first-order valence-corrected chi connectivity index (χ1v) is 13.9. The van der Waals surface area contributed by atoms with Gasteiger partial charge in [-0.1, -0.05) is 35.9 Å². The summed E-state index contributed by atoms with van der Waals surface area (Å²) in [7, 11) is 1.28. The van der Waals surface area contributed by atoms with Gasteiger partial charge in [-0.2, -0.15) is 0 Å². The van der Waals surface area contributed by atoms with E-state index in [2.05, 4.69) is 10.1 Å². The second-order valence-electron chi connectivity index (χ2n) is 9.22. The van der Waals surface area contributed by atoms with Crippen LogP contribution < -0.4 is 10.1 Å². The third-order valence-corrected chi connectivity index (χ3v) is 7.86. The van der Waals surface area contributed by atoms with Gasteiger partial charge < -0.3 is 29.5 Å². The number of benzene rings is 3. The molecule has 1 aliphatic heterocycles. The molecule has 1 heterocycles. The molecule has 4 N–H and O–H groups in total. The average molecular weight is 574 g/mol. The van der Waals surface area contributed by atoms with Crippen LogP contribution in [0.4, 0.5) is 10.5 Å². The fraction of sp³-hybridized carbons (Fsp3) is 0.345. The van der Waals surface area contributed by atoms with Crippen LogP contribution >= 0.6 is 23.4 Å². The summed E-state index contributed by atoms with van der Waals surface area (Å²) in [5.41, 5.74) is 2.80. The first-order valence-electron chi connectivity index (χ1n) is 12.6. The average Bonchev–Trinajstić information content (AvgIpc) is 2.92. The number of aliphatic hydroxyl groups is 3. The number of ether oxygens (including phenoxy) is 3. The Labute approximate surface area is 236 Å². The first-order chi connectivity index (χ1) is 18.7. The van der Waals surface area contributed by atoms with Crippen molar-refractivity contribution in [1.29, 1.82) is 0 Å². The summed E-state index contributed by atoms with van der Waals surface area (Å²) >= 11 is 7.85. The number of hydrogen-bond acceptors (Lipinski definition) is 8. The molecule has 4 rings (SSSR count). The van der Waals surface area contributed by atoms with Crippen molar-refractivity contribution in [1.82, 2.24) is 0 Å². The largest absolute Gasteiger partial charge is 0.494 e. The summed E-state index contributed by atoms with van der Waals surface area (Å²) in [6.45, 7) is 2.52. The molecule has 39 heavy (non-hydrogen) atoms. The first kappa shape index (κ1) is 29.2. The maximum atomic E-state index is 11.5. The molecule has 1 fully saturated rings. The molecule has 0 unspecified atom stereocenters. The van der Waals surface area contributed by atoms with E-state index in [1.807, 2.05) is 37.3 Å². The number of anilines is 1. The predicted molar refractivity (Wildman–Crippen MR) is 150 cm³/mol. The number of methoxy groups -OCH3 is 1. The lowest BCUT2D eigenvalue weighted by Crippen LogP contribution is -2.54. The Hall–Kier alpha value is -2.79. The fourth-order valence-electron chi connectivity index (χ4n) is 4.39. The highest BCUT2D eigenvalue weighted by molar-refractivity contribution is 7.99. The third-order valence-electron chi connectivity index (χ3n) is 6.41. The zero-order chi connectivity index (χ0) is 28.0. The van der Waals surface area contributed by atoms with E-state index in [4.69, 9.17) is 21.1 Å². The monoisotopic (exact) mass is 573 g/mol. The number of thioether (sulfide) groups is 1. The second-order valence-corrected chi connectivity index (χ2v) is 10.7. The standard InChI is InChI=1S/C29H32ClNO7S/c1-3-37-22-10-7-18(8-11-22)13-19-14-20(9-12-24(19)30)29(35)16-25(32)27(33)26(38-29)17-39-23-6-4-5-21(15-23)31-28(34)36-2/h4-12,14-15,25-27,32-33,35H,3,13,16-17H2,1-2H3,(H,31,34)/t25-,26-,27-,29+/m1/s1. The Balaban J connectivity index is 1.48.